The number of esters is 1. The Morgan fingerprint density at radius 3 is 2.36 bits per heavy atom. The molecule has 0 radical (unpaired) electrons. The number of methoxy groups -OCH3 is 1. The Labute approximate surface area is 74.7 Å². The molecule has 0 aliphatic rings. The molecule has 0 saturated carbocycles. The Bertz CT molecular complexity index is 94.1. The Hall–Kier alpha value is -0.240. The van der Waals surface area contributed by atoms with Crippen LogP contribution in [0, 0.1) is 0 Å². The van der Waals surface area contributed by atoms with E-state index >= 15 is 0 Å². The lowest BCUT2D eigenvalue weighted by Gasteiger charge is -1.97. The fraction of sp³-hybridized carbons (Fsp3) is 0.875. The van der Waals surface area contributed by atoms with Gasteiger partial charge in [-0.2, -0.15) is 0 Å². The van der Waals surface area contributed by atoms with Gasteiger partial charge >= 0.3 is 5.97 Å². The second-order valence-electron chi connectivity index (χ2n) is 2.39. The van der Waals surface area contributed by atoms with Gasteiger partial charge in [-0.1, -0.05) is 26.2 Å². The summed E-state index contributed by atoms with van der Waals surface area (Å²) in [5, 5.41) is 0. The summed E-state index contributed by atoms with van der Waals surface area (Å²) < 4.78 is 4.49. The molecule has 0 N–H and O–H groups in total. The first-order valence-electron chi connectivity index (χ1n) is 3.88. The maximum atomic E-state index is 10.6. The van der Waals surface area contributed by atoms with Crippen LogP contribution in [0.25, 0.3) is 0 Å². The normalized spacial score (nSPS) is 8.55. The molecule has 0 aliphatic heterocycles. The molecule has 0 bridgehead atoms. The minimum absolute atomic E-state index is 0. The molecular formula is C8H17ClO2. The van der Waals surface area contributed by atoms with Gasteiger partial charge in [0, 0.05) is 6.42 Å². The summed E-state index contributed by atoms with van der Waals surface area (Å²) in [7, 11) is 1.43. The third-order valence-corrected chi connectivity index (χ3v) is 1.46. The fourth-order valence-corrected chi connectivity index (χ4v) is 0.798. The van der Waals surface area contributed by atoms with E-state index in [1.807, 2.05) is 0 Å². The minimum atomic E-state index is -0.0869. The number of rotatable bonds is 5. The molecule has 2 nitrogen and oxygen atoms in total. The van der Waals surface area contributed by atoms with E-state index in [1.54, 1.807) is 0 Å². The lowest BCUT2D eigenvalue weighted by molar-refractivity contribution is -0.140. The average Bonchev–Trinajstić information content (AvgIpc) is 1.98. The summed E-state index contributed by atoms with van der Waals surface area (Å²) in [5.41, 5.74) is 0. The number of ether oxygens (including phenoxy) is 1. The summed E-state index contributed by atoms with van der Waals surface area (Å²) in [4.78, 5) is 10.6. The van der Waals surface area contributed by atoms with Crippen LogP contribution < -0.4 is 0 Å². The molecule has 3 heteroatoms. The van der Waals surface area contributed by atoms with Gasteiger partial charge in [-0.15, -0.1) is 12.4 Å². The van der Waals surface area contributed by atoms with E-state index in [-0.39, 0.29) is 18.4 Å². The molecular weight excluding hydrogens is 164 g/mol. The van der Waals surface area contributed by atoms with Gasteiger partial charge in [-0.25, -0.2) is 0 Å². The van der Waals surface area contributed by atoms with E-state index in [1.165, 1.54) is 20.0 Å². The zero-order chi connectivity index (χ0) is 7.82. The third-order valence-electron chi connectivity index (χ3n) is 1.46. The molecule has 0 aromatic heterocycles. The molecule has 0 spiro atoms. The highest BCUT2D eigenvalue weighted by Crippen LogP contribution is 2.02. The zero-order valence-corrected chi connectivity index (χ0v) is 8.08. The van der Waals surface area contributed by atoms with Crippen molar-refractivity contribution in [2.24, 2.45) is 0 Å². The van der Waals surface area contributed by atoms with Crippen LogP contribution in [0.5, 0.6) is 0 Å². The maximum Gasteiger partial charge on any atom is 0.305 e. The molecule has 0 aliphatic carbocycles. The van der Waals surface area contributed by atoms with E-state index < -0.39 is 0 Å². The van der Waals surface area contributed by atoms with Crippen molar-refractivity contribution in [3.63, 3.8) is 0 Å². The van der Waals surface area contributed by atoms with Crippen molar-refractivity contribution in [2.75, 3.05) is 7.11 Å². The van der Waals surface area contributed by atoms with Gasteiger partial charge < -0.3 is 4.74 Å². The summed E-state index contributed by atoms with van der Waals surface area (Å²) in [6.45, 7) is 2.15. The van der Waals surface area contributed by atoms with Crippen LogP contribution in [0.2, 0.25) is 0 Å². The second kappa shape index (κ2) is 9.76. The van der Waals surface area contributed by atoms with Crippen LogP contribution in [0.15, 0.2) is 0 Å². The molecule has 0 amide bonds. The molecule has 11 heavy (non-hydrogen) atoms. The number of carbonyl (C=O) groups is 1. The number of unbranched alkanes of at least 4 members (excludes halogenated alkanes) is 3. The van der Waals surface area contributed by atoms with E-state index in [0.29, 0.717) is 6.42 Å². The molecule has 0 fully saturated rings. The SMILES string of the molecule is CCCCCCC(=O)OC.Cl. The highest BCUT2D eigenvalue weighted by molar-refractivity contribution is 5.85. The molecule has 68 valence electrons. The number of carbonyl (C=O) groups excluding carboxylic acids is 1. The summed E-state index contributed by atoms with van der Waals surface area (Å²) in [6.07, 6.45) is 5.13. The van der Waals surface area contributed by atoms with Gasteiger partial charge in [-0.3, -0.25) is 4.79 Å². The standard InChI is InChI=1S/C8H16O2.ClH/c1-3-4-5-6-7-8(9)10-2;/h3-7H2,1-2H3;1H. The highest BCUT2D eigenvalue weighted by Gasteiger charge is 1.97. The lowest BCUT2D eigenvalue weighted by Crippen LogP contribution is -1.98. The van der Waals surface area contributed by atoms with E-state index in [4.69, 9.17) is 0 Å². The third kappa shape index (κ3) is 9.76. The number of hydrogen-bond donors (Lipinski definition) is 0. The number of hydrogen-bond acceptors (Lipinski definition) is 2. The van der Waals surface area contributed by atoms with E-state index in [0.717, 1.165) is 12.8 Å². The summed E-state index contributed by atoms with van der Waals surface area (Å²) >= 11 is 0. The predicted molar refractivity (Wildman–Crippen MR) is 48.0 cm³/mol. The molecule has 0 saturated heterocycles. The molecule has 0 aromatic rings. The Balaban J connectivity index is 0. The minimum Gasteiger partial charge on any atom is -0.469 e. The van der Waals surface area contributed by atoms with Crippen molar-refractivity contribution in [3.8, 4) is 0 Å². The van der Waals surface area contributed by atoms with Gasteiger partial charge in [0.1, 0.15) is 0 Å². The largest absolute Gasteiger partial charge is 0.469 e. The molecule has 0 rings (SSSR count). The second-order valence-corrected chi connectivity index (χ2v) is 2.39. The van der Waals surface area contributed by atoms with E-state index in [2.05, 4.69) is 11.7 Å². The van der Waals surface area contributed by atoms with Gasteiger partial charge in [0.2, 0.25) is 0 Å². The van der Waals surface area contributed by atoms with Crippen molar-refractivity contribution < 1.29 is 9.53 Å². The van der Waals surface area contributed by atoms with Crippen molar-refractivity contribution in [3.05, 3.63) is 0 Å². The summed E-state index contributed by atoms with van der Waals surface area (Å²) in [6, 6.07) is 0. The van der Waals surface area contributed by atoms with Crippen molar-refractivity contribution in [2.45, 2.75) is 39.0 Å². The fourth-order valence-electron chi connectivity index (χ4n) is 0.798. The molecule has 0 aromatic carbocycles. The van der Waals surface area contributed by atoms with Crippen LogP contribution in [0.4, 0.5) is 0 Å². The first-order chi connectivity index (χ1) is 4.81. The molecule has 0 unspecified atom stereocenters. The topological polar surface area (TPSA) is 26.3 Å². The smallest absolute Gasteiger partial charge is 0.305 e. The van der Waals surface area contributed by atoms with Crippen molar-refractivity contribution >= 4 is 18.4 Å². The first-order valence-corrected chi connectivity index (χ1v) is 3.88. The van der Waals surface area contributed by atoms with Crippen LogP contribution in [-0.2, 0) is 9.53 Å². The Kier molecular flexibility index (Phi) is 11.9. The average molecular weight is 181 g/mol. The number of halogens is 1. The first kappa shape index (κ1) is 13.4. The maximum absolute atomic E-state index is 10.6. The highest BCUT2D eigenvalue weighted by atomic mass is 35.5. The van der Waals surface area contributed by atoms with E-state index in [9.17, 15) is 4.79 Å². The van der Waals surface area contributed by atoms with Gasteiger partial charge in [0.15, 0.2) is 0 Å². The monoisotopic (exact) mass is 180 g/mol. The van der Waals surface area contributed by atoms with Crippen LogP contribution in [0.1, 0.15) is 39.0 Å². The predicted octanol–water partition coefficient (Wildman–Crippen LogP) is 2.55. The zero-order valence-electron chi connectivity index (χ0n) is 7.26. The molecule has 0 heterocycles. The van der Waals surface area contributed by atoms with Crippen molar-refractivity contribution in [1.82, 2.24) is 0 Å². The Morgan fingerprint density at radius 2 is 1.91 bits per heavy atom. The Morgan fingerprint density at radius 1 is 1.27 bits per heavy atom. The van der Waals surface area contributed by atoms with Gasteiger partial charge in [0.05, 0.1) is 7.11 Å². The summed E-state index contributed by atoms with van der Waals surface area (Å²) in [5.74, 6) is -0.0869. The quantitative estimate of drug-likeness (QED) is 0.480. The van der Waals surface area contributed by atoms with Crippen LogP contribution >= 0.6 is 12.4 Å². The van der Waals surface area contributed by atoms with Crippen LogP contribution in [-0.4, -0.2) is 13.1 Å². The lowest BCUT2D eigenvalue weighted by atomic mass is 10.2. The van der Waals surface area contributed by atoms with Crippen molar-refractivity contribution in [1.29, 1.82) is 0 Å². The van der Waals surface area contributed by atoms with Gasteiger partial charge in [0.25, 0.3) is 0 Å². The van der Waals surface area contributed by atoms with Crippen LogP contribution in [0.3, 0.4) is 0 Å². The van der Waals surface area contributed by atoms with Gasteiger partial charge in [-0.05, 0) is 6.42 Å². The molecule has 0 atom stereocenters.